The molecule has 3 aromatic rings. The molecule has 1 saturated heterocycles. The predicted molar refractivity (Wildman–Crippen MR) is 132 cm³/mol. The molecule has 15 heteroatoms. The van der Waals surface area contributed by atoms with Crippen molar-refractivity contribution in [1.29, 1.82) is 5.41 Å². The summed E-state index contributed by atoms with van der Waals surface area (Å²) >= 11 is 7.10. The Bertz CT molecular complexity index is 1460. The smallest absolute Gasteiger partial charge is 0.475 e. The lowest BCUT2D eigenvalue weighted by atomic mass is 10.1. The van der Waals surface area contributed by atoms with E-state index in [9.17, 15) is 26.4 Å². The Hall–Kier alpha value is -3.20. The number of amidine groups is 1. The van der Waals surface area contributed by atoms with E-state index in [0.717, 1.165) is 27.0 Å². The number of benzene rings is 2. The third-order valence-corrected chi connectivity index (χ3v) is 8.45. The SMILES string of the molecule is N=C(N)c1cccc(CN2CCC(NS(=O)(=O)c3cc4ccc(Cl)cc4s3)C2=O)c1.O=C(O)C(F)(F)F. The molecule has 5 N–H and O–H groups in total. The van der Waals surface area contributed by atoms with Crippen LogP contribution in [0.2, 0.25) is 5.02 Å². The number of likely N-dealkylation sites (tertiary alicyclic amines) is 1. The van der Waals surface area contributed by atoms with E-state index in [-0.39, 0.29) is 16.0 Å². The van der Waals surface area contributed by atoms with E-state index < -0.39 is 28.2 Å². The van der Waals surface area contributed by atoms with Crippen molar-refractivity contribution in [2.24, 2.45) is 5.73 Å². The van der Waals surface area contributed by atoms with Crippen molar-refractivity contribution in [3.63, 3.8) is 0 Å². The largest absolute Gasteiger partial charge is 0.490 e. The second kappa shape index (κ2) is 11.0. The number of hydrogen-bond donors (Lipinski definition) is 4. The molecule has 1 fully saturated rings. The van der Waals surface area contributed by atoms with Crippen LogP contribution in [0.3, 0.4) is 0 Å². The molecule has 4 rings (SSSR count). The van der Waals surface area contributed by atoms with E-state index >= 15 is 0 Å². The third kappa shape index (κ3) is 7.19. The fraction of sp³-hybridized carbons (Fsp3) is 0.227. The van der Waals surface area contributed by atoms with Gasteiger partial charge in [-0.05, 0) is 41.6 Å². The second-order valence-electron chi connectivity index (χ2n) is 7.89. The Morgan fingerprint density at radius 3 is 2.54 bits per heavy atom. The summed E-state index contributed by atoms with van der Waals surface area (Å²) in [7, 11) is -3.83. The van der Waals surface area contributed by atoms with Gasteiger partial charge in [-0.25, -0.2) is 13.2 Å². The molecule has 2 heterocycles. The van der Waals surface area contributed by atoms with Crippen molar-refractivity contribution in [2.45, 2.75) is 29.4 Å². The number of aliphatic carboxylic acids is 1. The number of thiophene rings is 1. The Kier molecular flexibility index (Phi) is 8.47. The van der Waals surface area contributed by atoms with Crippen LogP contribution in [0, 0.1) is 5.41 Å². The molecule has 1 aromatic heterocycles. The molecule has 37 heavy (non-hydrogen) atoms. The number of nitrogens with two attached hydrogens (primary N) is 1. The lowest BCUT2D eigenvalue weighted by molar-refractivity contribution is -0.192. The van der Waals surface area contributed by atoms with Gasteiger partial charge >= 0.3 is 12.1 Å². The minimum Gasteiger partial charge on any atom is -0.475 e. The molecular weight excluding hydrogens is 557 g/mol. The summed E-state index contributed by atoms with van der Waals surface area (Å²) < 4.78 is 60.9. The van der Waals surface area contributed by atoms with Crippen molar-refractivity contribution < 1.29 is 36.3 Å². The molecule has 1 atom stereocenters. The molecular formula is C22H20ClF3N4O5S2. The summed E-state index contributed by atoms with van der Waals surface area (Å²) in [6.07, 6.45) is -4.69. The van der Waals surface area contributed by atoms with Crippen LogP contribution in [-0.2, 0) is 26.2 Å². The van der Waals surface area contributed by atoms with Crippen molar-refractivity contribution in [1.82, 2.24) is 9.62 Å². The Morgan fingerprint density at radius 1 is 1.24 bits per heavy atom. The van der Waals surface area contributed by atoms with Gasteiger partial charge in [-0.1, -0.05) is 35.9 Å². The maximum absolute atomic E-state index is 12.8. The zero-order valence-corrected chi connectivity index (χ0v) is 21.1. The highest BCUT2D eigenvalue weighted by Gasteiger charge is 2.38. The topological polar surface area (TPSA) is 154 Å². The van der Waals surface area contributed by atoms with Gasteiger partial charge in [-0.3, -0.25) is 10.2 Å². The lowest BCUT2D eigenvalue weighted by Gasteiger charge is -2.17. The number of nitrogens with zero attached hydrogens (tertiary/aromatic N) is 1. The molecule has 1 aliphatic rings. The minimum absolute atomic E-state index is 0.0418. The first-order chi connectivity index (χ1) is 17.2. The van der Waals surface area contributed by atoms with E-state index in [1.165, 1.54) is 0 Å². The number of carbonyl (C=O) groups excluding carboxylic acids is 1. The number of amides is 1. The first kappa shape index (κ1) is 28.4. The Morgan fingerprint density at radius 2 is 1.92 bits per heavy atom. The maximum Gasteiger partial charge on any atom is 0.490 e. The van der Waals surface area contributed by atoms with Crippen LogP contribution in [0.25, 0.3) is 10.1 Å². The van der Waals surface area contributed by atoms with Gasteiger partial charge in [0.25, 0.3) is 10.0 Å². The van der Waals surface area contributed by atoms with Gasteiger partial charge in [0.05, 0.1) is 0 Å². The molecule has 0 aliphatic carbocycles. The van der Waals surface area contributed by atoms with Gasteiger partial charge in [0, 0.05) is 28.4 Å². The number of fused-ring (bicyclic) bond motifs is 1. The number of rotatable bonds is 6. The summed E-state index contributed by atoms with van der Waals surface area (Å²) in [5, 5.41) is 16.0. The normalized spacial score (nSPS) is 15.9. The minimum atomic E-state index is -5.08. The number of carboxylic acid groups (broad SMARTS) is 1. The summed E-state index contributed by atoms with van der Waals surface area (Å²) in [4.78, 5) is 23.3. The van der Waals surface area contributed by atoms with Crippen LogP contribution in [-0.4, -0.2) is 54.9 Å². The fourth-order valence-electron chi connectivity index (χ4n) is 3.42. The number of alkyl halides is 3. The van der Waals surface area contributed by atoms with Crippen molar-refractivity contribution >= 4 is 60.8 Å². The average Bonchev–Trinajstić information content (AvgIpc) is 3.38. The van der Waals surface area contributed by atoms with Crippen LogP contribution >= 0.6 is 22.9 Å². The second-order valence-corrected chi connectivity index (χ2v) is 11.3. The van der Waals surface area contributed by atoms with Gasteiger partial charge in [0.15, 0.2) is 0 Å². The van der Waals surface area contributed by atoms with Gasteiger partial charge < -0.3 is 15.7 Å². The molecule has 1 amide bonds. The lowest BCUT2D eigenvalue weighted by Crippen LogP contribution is -2.41. The number of nitrogens with one attached hydrogen (secondary N) is 2. The molecule has 0 saturated carbocycles. The highest BCUT2D eigenvalue weighted by Crippen LogP contribution is 2.31. The van der Waals surface area contributed by atoms with Crippen LogP contribution in [0.4, 0.5) is 13.2 Å². The highest BCUT2D eigenvalue weighted by molar-refractivity contribution is 7.91. The maximum atomic E-state index is 12.8. The zero-order chi connectivity index (χ0) is 27.5. The van der Waals surface area contributed by atoms with Crippen LogP contribution in [0.15, 0.2) is 52.7 Å². The Balaban J connectivity index is 0.000000479. The van der Waals surface area contributed by atoms with E-state index in [1.54, 1.807) is 47.4 Å². The van der Waals surface area contributed by atoms with Crippen molar-refractivity contribution in [3.8, 4) is 0 Å². The Labute approximate surface area is 218 Å². The third-order valence-electron chi connectivity index (χ3n) is 5.17. The highest BCUT2D eigenvalue weighted by atomic mass is 35.5. The molecule has 1 aliphatic heterocycles. The molecule has 9 nitrogen and oxygen atoms in total. The van der Waals surface area contributed by atoms with Crippen LogP contribution in [0.5, 0.6) is 0 Å². The van der Waals surface area contributed by atoms with Crippen molar-refractivity contribution in [3.05, 3.63) is 64.7 Å². The number of halogens is 4. The summed E-state index contributed by atoms with van der Waals surface area (Å²) in [5.41, 5.74) is 6.94. The van der Waals surface area contributed by atoms with Crippen LogP contribution < -0.4 is 10.5 Å². The van der Waals surface area contributed by atoms with Gasteiger partial charge in [-0.2, -0.15) is 17.9 Å². The average molecular weight is 577 g/mol. The fourth-order valence-corrected chi connectivity index (χ4v) is 6.34. The first-order valence-corrected chi connectivity index (χ1v) is 13.1. The van der Waals surface area contributed by atoms with Gasteiger partial charge in [-0.15, -0.1) is 11.3 Å². The quantitative estimate of drug-likeness (QED) is 0.260. The first-order valence-electron chi connectivity index (χ1n) is 10.4. The van der Waals surface area contributed by atoms with Gasteiger partial charge in [0.2, 0.25) is 5.91 Å². The van der Waals surface area contributed by atoms with E-state index in [2.05, 4.69) is 4.72 Å². The summed E-state index contributed by atoms with van der Waals surface area (Å²) in [5.74, 6) is -3.07. The van der Waals surface area contributed by atoms with Gasteiger partial charge in [0.1, 0.15) is 16.1 Å². The molecule has 2 aromatic carbocycles. The van der Waals surface area contributed by atoms with Crippen molar-refractivity contribution in [2.75, 3.05) is 6.54 Å². The number of sulfonamides is 1. The summed E-state index contributed by atoms with van der Waals surface area (Å²) in [6.45, 7) is 0.776. The summed E-state index contributed by atoms with van der Waals surface area (Å²) in [6, 6.07) is 13.1. The molecule has 0 bridgehead atoms. The van der Waals surface area contributed by atoms with E-state index in [0.29, 0.717) is 30.1 Å². The molecule has 0 spiro atoms. The predicted octanol–water partition coefficient (Wildman–Crippen LogP) is 3.55. The number of carbonyl (C=O) groups is 2. The zero-order valence-electron chi connectivity index (χ0n) is 18.8. The molecule has 0 radical (unpaired) electrons. The standard InChI is InChI=1S/C20H19ClN4O3S2.C2HF3O2/c21-15-5-4-13-9-18(29-17(13)10-15)30(27,28)24-16-6-7-25(20(16)26)11-12-2-1-3-14(8-12)19(22)23;3-2(4,5)1(6)7/h1-5,8-10,16,24H,6-7,11H2,(H3,22,23);(H,6,7). The molecule has 1 unspecified atom stereocenters. The number of carboxylic acids is 1. The van der Waals surface area contributed by atoms with E-state index in [1.807, 2.05) is 6.07 Å². The number of hydrogen-bond acceptors (Lipinski definition) is 6. The molecule has 198 valence electrons. The van der Waals surface area contributed by atoms with E-state index in [4.69, 9.17) is 32.6 Å². The monoisotopic (exact) mass is 576 g/mol. The number of nitrogen functional groups attached to an aromatic ring is 1. The van der Waals surface area contributed by atoms with Crippen LogP contribution in [0.1, 0.15) is 17.5 Å².